The SMILES string of the molecule is CCCCCCc1nc(N)n(CC(=O)Nc2ccccc2)c1-c1ccccc1Br. The van der Waals surface area contributed by atoms with Crippen LogP contribution in [0.15, 0.2) is 59.1 Å². The predicted molar refractivity (Wildman–Crippen MR) is 123 cm³/mol. The van der Waals surface area contributed by atoms with E-state index >= 15 is 0 Å². The largest absolute Gasteiger partial charge is 0.369 e. The first-order valence-corrected chi connectivity index (χ1v) is 10.8. The summed E-state index contributed by atoms with van der Waals surface area (Å²) in [5, 5.41) is 2.93. The highest BCUT2D eigenvalue weighted by atomic mass is 79.9. The standard InChI is InChI=1S/C23H27BrN4O/c1-2-3-4-8-15-20-22(18-13-9-10-14-19(18)24)28(23(25)27-20)16-21(29)26-17-11-6-5-7-12-17/h5-7,9-14H,2-4,8,15-16H2,1H3,(H2,25,27)(H,26,29). The summed E-state index contributed by atoms with van der Waals surface area (Å²) in [6.45, 7) is 2.31. The lowest BCUT2D eigenvalue weighted by Crippen LogP contribution is -2.20. The van der Waals surface area contributed by atoms with Crippen LogP contribution in [0, 0.1) is 0 Å². The third-order valence-corrected chi connectivity index (χ3v) is 5.52. The van der Waals surface area contributed by atoms with Crippen LogP contribution in [0.4, 0.5) is 11.6 Å². The molecule has 0 bridgehead atoms. The van der Waals surface area contributed by atoms with E-state index in [1.807, 2.05) is 59.2 Å². The monoisotopic (exact) mass is 454 g/mol. The van der Waals surface area contributed by atoms with Crippen LogP contribution in [0.2, 0.25) is 0 Å². The molecule has 152 valence electrons. The van der Waals surface area contributed by atoms with Gasteiger partial charge in [-0.2, -0.15) is 0 Å². The van der Waals surface area contributed by atoms with Gasteiger partial charge in [-0.3, -0.25) is 4.79 Å². The van der Waals surface area contributed by atoms with Crippen LogP contribution in [-0.4, -0.2) is 15.5 Å². The van der Waals surface area contributed by atoms with Crippen molar-refractivity contribution in [2.75, 3.05) is 11.1 Å². The van der Waals surface area contributed by atoms with Gasteiger partial charge in [0.15, 0.2) is 0 Å². The molecule has 29 heavy (non-hydrogen) atoms. The summed E-state index contributed by atoms with van der Waals surface area (Å²) in [4.78, 5) is 17.3. The summed E-state index contributed by atoms with van der Waals surface area (Å²) in [5.74, 6) is 0.232. The minimum absolute atomic E-state index is 0.110. The molecule has 3 rings (SSSR count). The van der Waals surface area contributed by atoms with Gasteiger partial charge in [0.2, 0.25) is 11.9 Å². The minimum Gasteiger partial charge on any atom is -0.369 e. The fourth-order valence-corrected chi connectivity index (χ4v) is 3.87. The Morgan fingerprint density at radius 2 is 1.79 bits per heavy atom. The smallest absolute Gasteiger partial charge is 0.244 e. The van der Waals surface area contributed by atoms with Gasteiger partial charge in [-0.25, -0.2) is 4.98 Å². The molecule has 0 saturated carbocycles. The zero-order valence-corrected chi connectivity index (χ0v) is 18.3. The van der Waals surface area contributed by atoms with Crippen molar-refractivity contribution < 1.29 is 4.79 Å². The van der Waals surface area contributed by atoms with Gasteiger partial charge < -0.3 is 15.6 Å². The van der Waals surface area contributed by atoms with E-state index in [9.17, 15) is 4.79 Å². The molecule has 3 aromatic rings. The Morgan fingerprint density at radius 3 is 2.52 bits per heavy atom. The first-order chi connectivity index (χ1) is 14.1. The molecular weight excluding hydrogens is 428 g/mol. The van der Waals surface area contributed by atoms with Gasteiger partial charge >= 0.3 is 0 Å². The molecule has 0 saturated heterocycles. The molecular formula is C23H27BrN4O. The number of benzene rings is 2. The van der Waals surface area contributed by atoms with Crippen molar-refractivity contribution in [3.63, 3.8) is 0 Å². The molecule has 3 N–H and O–H groups in total. The van der Waals surface area contributed by atoms with Gasteiger partial charge in [0.25, 0.3) is 0 Å². The Morgan fingerprint density at radius 1 is 1.07 bits per heavy atom. The normalized spacial score (nSPS) is 10.8. The zero-order valence-electron chi connectivity index (χ0n) is 16.7. The number of hydrogen-bond acceptors (Lipinski definition) is 3. The molecule has 0 atom stereocenters. The second-order valence-corrected chi connectivity index (χ2v) is 7.91. The van der Waals surface area contributed by atoms with Crippen LogP contribution >= 0.6 is 15.9 Å². The number of aryl methyl sites for hydroxylation is 1. The molecule has 2 aromatic carbocycles. The number of halogens is 1. The number of para-hydroxylation sites is 1. The van der Waals surface area contributed by atoms with E-state index in [1.54, 1.807) is 0 Å². The number of unbranched alkanes of at least 4 members (excludes halogenated alkanes) is 3. The molecule has 0 unspecified atom stereocenters. The van der Waals surface area contributed by atoms with Crippen molar-refractivity contribution in [1.82, 2.24) is 9.55 Å². The van der Waals surface area contributed by atoms with Gasteiger partial charge in [0.1, 0.15) is 6.54 Å². The lowest BCUT2D eigenvalue weighted by atomic mass is 10.1. The van der Waals surface area contributed by atoms with E-state index in [0.29, 0.717) is 5.95 Å². The molecule has 5 nitrogen and oxygen atoms in total. The number of hydrogen-bond donors (Lipinski definition) is 2. The Kier molecular flexibility index (Phi) is 7.47. The fourth-order valence-electron chi connectivity index (χ4n) is 3.40. The van der Waals surface area contributed by atoms with Crippen LogP contribution in [0.5, 0.6) is 0 Å². The number of carbonyl (C=O) groups excluding carboxylic acids is 1. The Hall–Kier alpha value is -2.60. The van der Waals surface area contributed by atoms with E-state index in [2.05, 4.69) is 33.2 Å². The van der Waals surface area contributed by atoms with Gasteiger partial charge in [0.05, 0.1) is 11.4 Å². The maximum absolute atomic E-state index is 12.7. The number of nitrogens with zero attached hydrogens (tertiary/aromatic N) is 2. The number of anilines is 2. The maximum Gasteiger partial charge on any atom is 0.244 e. The Labute approximate surface area is 180 Å². The molecule has 0 aliphatic heterocycles. The van der Waals surface area contributed by atoms with E-state index in [-0.39, 0.29) is 12.5 Å². The highest BCUT2D eigenvalue weighted by Gasteiger charge is 2.20. The summed E-state index contributed by atoms with van der Waals surface area (Å²) in [7, 11) is 0. The molecule has 0 aliphatic rings. The molecule has 1 aromatic heterocycles. The number of carbonyl (C=O) groups is 1. The number of rotatable bonds is 9. The van der Waals surface area contributed by atoms with Gasteiger partial charge in [-0.1, -0.05) is 78.5 Å². The summed E-state index contributed by atoms with van der Waals surface area (Å²) in [6.07, 6.45) is 5.45. The molecule has 0 aliphatic carbocycles. The van der Waals surface area contributed by atoms with E-state index < -0.39 is 0 Å². The predicted octanol–water partition coefficient (Wildman–Crippen LogP) is 5.66. The second-order valence-electron chi connectivity index (χ2n) is 7.06. The Balaban J connectivity index is 1.90. The summed E-state index contributed by atoms with van der Waals surface area (Å²) in [5.41, 5.74) is 9.87. The third-order valence-electron chi connectivity index (χ3n) is 4.82. The molecule has 0 fully saturated rings. The van der Waals surface area contributed by atoms with Gasteiger partial charge in [0, 0.05) is 15.7 Å². The first-order valence-electron chi connectivity index (χ1n) is 10.0. The molecule has 0 radical (unpaired) electrons. The number of imidazole rings is 1. The molecule has 0 spiro atoms. The molecule has 1 amide bonds. The van der Waals surface area contributed by atoms with Crippen molar-refractivity contribution in [2.24, 2.45) is 0 Å². The van der Waals surface area contributed by atoms with E-state index in [0.717, 1.165) is 46.4 Å². The van der Waals surface area contributed by atoms with Crippen molar-refractivity contribution in [2.45, 2.75) is 45.6 Å². The van der Waals surface area contributed by atoms with Crippen LogP contribution in [0.25, 0.3) is 11.3 Å². The number of nitrogen functional groups attached to an aromatic ring is 1. The molecule has 6 heteroatoms. The average molecular weight is 455 g/mol. The maximum atomic E-state index is 12.7. The number of nitrogens with two attached hydrogens (primary N) is 1. The third kappa shape index (κ3) is 5.48. The summed E-state index contributed by atoms with van der Waals surface area (Å²) >= 11 is 3.64. The number of amides is 1. The van der Waals surface area contributed by atoms with Crippen molar-refractivity contribution in [3.05, 3.63) is 64.8 Å². The van der Waals surface area contributed by atoms with E-state index in [4.69, 9.17) is 5.73 Å². The highest BCUT2D eigenvalue weighted by molar-refractivity contribution is 9.10. The highest BCUT2D eigenvalue weighted by Crippen LogP contribution is 2.33. The summed E-state index contributed by atoms with van der Waals surface area (Å²) < 4.78 is 2.77. The zero-order chi connectivity index (χ0) is 20.6. The average Bonchev–Trinajstić information content (AvgIpc) is 3.01. The van der Waals surface area contributed by atoms with Crippen molar-refractivity contribution in [3.8, 4) is 11.3 Å². The topological polar surface area (TPSA) is 72.9 Å². The number of aromatic nitrogens is 2. The van der Waals surface area contributed by atoms with Crippen molar-refractivity contribution >= 4 is 33.5 Å². The lowest BCUT2D eigenvalue weighted by molar-refractivity contribution is -0.116. The van der Waals surface area contributed by atoms with Crippen LogP contribution in [0.3, 0.4) is 0 Å². The fraction of sp³-hybridized carbons (Fsp3) is 0.304. The van der Waals surface area contributed by atoms with Crippen LogP contribution < -0.4 is 11.1 Å². The summed E-state index contributed by atoms with van der Waals surface area (Å²) in [6, 6.07) is 17.4. The number of nitrogens with one attached hydrogen (secondary N) is 1. The van der Waals surface area contributed by atoms with Crippen molar-refractivity contribution in [1.29, 1.82) is 0 Å². The van der Waals surface area contributed by atoms with Crippen LogP contribution in [0.1, 0.15) is 38.3 Å². The Bertz CT molecular complexity index is 953. The minimum atomic E-state index is -0.133. The van der Waals surface area contributed by atoms with Gasteiger partial charge in [-0.15, -0.1) is 0 Å². The second kappa shape index (κ2) is 10.3. The first kappa shape index (κ1) is 21.1. The van der Waals surface area contributed by atoms with E-state index in [1.165, 1.54) is 12.8 Å². The quantitative estimate of drug-likeness (QED) is 0.409. The van der Waals surface area contributed by atoms with Gasteiger partial charge in [-0.05, 0) is 31.0 Å². The lowest BCUT2D eigenvalue weighted by Gasteiger charge is -2.13. The van der Waals surface area contributed by atoms with Crippen LogP contribution in [-0.2, 0) is 17.8 Å². The molecule has 1 heterocycles.